The normalized spacial score (nSPS) is 10.2. The van der Waals surface area contributed by atoms with E-state index in [1.54, 1.807) is 12.3 Å². The van der Waals surface area contributed by atoms with Gasteiger partial charge in [-0.3, -0.25) is 9.78 Å². The van der Waals surface area contributed by atoms with Crippen LogP contribution in [0.5, 0.6) is 0 Å². The maximum atomic E-state index is 13.5. The summed E-state index contributed by atoms with van der Waals surface area (Å²) in [6.07, 6.45) is 3.02. The van der Waals surface area contributed by atoms with Crippen molar-refractivity contribution < 1.29 is 13.6 Å². The summed E-state index contributed by atoms with van der Waals surface area (Å²) in [6, 6.07) is 4.94. The minimum absolute atomic E-state index is 0.0224. The third-order valence-corrected chi connectivity index (χ3v) is 2.89. The topological polar surface area (TPSA) is 54.0 Å². The predicted molar refractivity (Wildman–Crippen MR) is 75.9 cm³/mol. The number of halogens is 2. The molecule has 110 valence electrons. The van der Waals surface area contributed by atoms with E-state index in [9.17, 15) is 13.6 Å². The lowest BCUT2D eigenvalue weighted by molar-refractivity contribution is 0.0951. The van der Waals surface area contributed by atoms with E-state index < -0.39 is 11.6 Å². The second kappa shape index (κ2) is 6.78. The van der Waals surface area contributed by atoms with Crippen LogP contribution in [0, 0.1) is 11.6 Å². The van der Waals surface area contributed by atoms with Crippen LogP contribution in [0.1, 0.15) is 22.8 Å². The molecule has 1 amide bonds. The number of benzene rings is 1. The molecule has 4 nitrogen and oxygen atoms in total. The first-order chi connectivity index (χ1) is 10.1. The molecule has 0 unspecified atom stereocenters. The molecule has 0 aliphatic rings. The van der Waals surface area contributed by atoms with Crippen LogP contribution in [0.15, 0.2) is 36.7 Å². The Hall–Kier alpha value is -2.50. The van der Waals surface area contributed by atoms with Gasteiger partial charge in [0, 0.05) is 37.1 Å². The highest BCUT2D eigenvalue weighted by Crippen LogP contribution is 2.14. The van der Waals surface area contributed by atoms with Gasteiger partial charge >= 0.3 is 0 Å². The van der Waals surface area contributed by atoms with Gasteiger partial charge in [0.25, 0.3) is 5.91 Å². The fourth-order valence-electron chi connectivity index (χ4n) is 1.86. The molecule has 1 heterocycles. The number of carbonyl (C=O) groups is 1. The summed E-state index contributed by atoms with van der Waals surface area (Å²) >= 11 is 0. The zero-order valence-electron chi connectivity index (χ0n) is 11.5. The minimum atomic E-state index is -0.687. The van der Waals surface area contributed by atoms with Crippen LogP contribution in [0.25, 0.3) is 0 Å². The van der Waals surface area contributed by atoms with Crippen molar-refractivity contribution in [1.82, 2.24) is 10.3 Å². The highest BCUT2D eigenvalue weighted by molar-refractivity contribution is 5.99. The van der Waals surface area contributed by atoms with Crippen LogP contribution in [-0.4, -0.2) is 17.4 Å². The summed E-state index contributed by atoms with van der Waals surface area (Å²) in [4.78, 5) is 16.0. The van der Waals surface area contributed by atoms with Crippen molar-refractivity contribution in [2.45, 2.75) is 13.5 Å². The third-order valence-electron chi connectivity index (χ3n) is 2.89. The maximum Gasteiger partial charge on any atom is 0.255 e. The van der Waals surface area contributed by atoms with Gasteiger partial charge in [0.1, 0.15) is 11.6 Å². The zero-order valence-corrected chi connectivity index (χ0v) is 11.5. The number of carbonyl (C=O) groups excluding carboxylic acids is 1. The van der Waals surface area contributed by atoms with Gasteiger partial charge in [0.15, 0.2) is 0 Å². The number of aromatic nitrogens is 1. The van der Waals surface area contributed by atoms with Crippen molar-refractivity contribution in [3.8, 4) is 0 Å². The molecule has 0 saturated carbocycles. The third kappa shape index (κ3) is 3.75. The van der Waals surface area contributed by atoms with E-state index in [1.165, 1.54) is 12.3 Å². The fraction of sp³-hybridized carbons (Fsp3) is 0.200. The standard InChI is InChI=1S/C15H15F2N3O/c1-2-19-14-5-6-18-9-12(14)15(21)20-8-10-3-4-11(16)7-13(10)17/h3-7,9H,2,8H2,1H3,(H,18,19)(H,20,21). The lowest BCUT2D eigenvalue weighted by Crippen LogP contribution is -2.24. The summed E-state index contributed by atoms with van der Waals surface area (Å²) in [5, 5.41) is 5.64. The molecule has 0 radical (unpaired) electrons. The Bertz CT molecular complexity index is 647. The minimum Gasteiger partial charge on any atom is -0.385 e. The number of amides is 1. The van der Waals surface area contributed by atoms with Crippen LogP contribution >= 0.6 is 0 Å². The highest BCUT2D eigenvalue weighted by Gasteiger charge is 2.12. The Labute approximate surface area is 121 Å². The van der Waals surface area contributed by atoms with Crippen molar-refractivity contribution in [1.29, 1.82) is 0 Å². The zero-order chi connectivity index (χ0) is 15.2. The van der Waals surface area contributed by atoms with Crippen molar-refractivity contribution in [3.05, 3.63) is 59.4 Å². The highest BCUT2D eigenvalue weighted by atomic mass is 19.1. The van der Waals surface area contributed by atoms with Gasteiger partial charge in [-0.05, 0) is 19.1 Å². The number of rotatable bonds is 5. The van der Waals surface area contributed by atoms with Gasteiger partial charge in [0.2, 0.25) is 0 Å². The van der Waals surface area contributed by atoms with Crippen LogP contribution in [0.2, 0.25) is 0 Å². The molecule has 0 aliphatic carbocycles. The van der Waals surface area contributed by atoms with Gasteiger partial charge in [0.05, 0.1) is 11.3 Å². The first-order valence-corrected chi connectivity index (χ1v) is 6.51. The molecule has 1 aromatic heterocycles. The Morgan fingerprint density at radius 2 is 2.10 bits per heavy atom. The molecule has 0 spiro atoms. The van der Waals surface area contributed by atoms with Gasteiger partial charge in [-0.1, -0.05) is 6.07 Å². The van der Waals surface area contributed by atoms with E-state index >= 15 is 0 Å². The molecule has 0 saturated heterocycles. The molecule has 2 aromatic rings. The average molecular weight is 291 g/mol. The summed E-state index contributed by atoms with van der Waals surface area (Å²) in [5.74, 6) is -1.71. The Morgan fingerprint density at radius 3 is 2.81 bits per heavy atom. The quantitative estimate of drug-likeness (QED) is 0.890. The first-order valence-electron chi connectivity index (χ1n) is 6.51. The monoisotopic (exact) mass is 291 g/mol. The van der Waals surface area contributed by atoms with Gasteiger partial charge in [-0.15, -0.1) is 0 Å². The van der Waals surface area contributed by atoms with Crippen LogP contribution in [0.3, 0.4) is 0 Å². The molecule has 0 bridgehead atoms. The summed E-state index contributed by atoms with van der Waals surface area (Å²) in [5.41, 5.74) is 1.25. The van der Waals surface area contributed by atoms with Crippen molar-refractivity contribution in [2.24, 2.45) is 0 Å². The Kier molecular flexibility index (Phi) is 4.81. The van der Waals surface area contributed by atoms with Crippen LogP contribution < -0.4 is 10.6 Å². The molecular weight excluding hydrogens is 276 g/mol. The Balaban J connectivity index is 2.08. The number of nitrogens with zero attached hydrogens (tertiary/aromatic N) is 1. The number of nitrogens with one attached hydrogen (secondary N) is 2. The van der Waals surface area contributed by atoms with Crippen molar-refractivity contribution in [3.63, 3.8) is 0 Å². The van der Waals surface area contributed by atoms with Crippen LogP contribution in [-0.2, 0) is 6.54 Å². The van der Waals surface area contributed by atoms with Gasteiger partial charge in [-0.2, -0.15) is 0 Å². The Morgan fingerprint density at radius 1 is 1.29 bits per heavy atom. The van der Waals surface area contributed by atoms with Gasteiger partial charge < -0.3 is 10.6 Å². The van der Waals surface area contributed by atoms with Gasteiger partial charge in [-0.25, -0.2) is 8.78 Å². The molecule has 0 aliphatic heterocycles. The summed E-state index contributed by atoms with van der Waals surface area (Å²) < 4.78 is 26.3. The van der Waals surface area contributed by atoms with E-state index in [0.29, 0.717) is 17.8 Å². The average Bonchev–Trinajstić information content (AvgIpc) is 2.47. The molecule has 6 heteroatoms. The molecule has 2 rings (SSSR count). The van der Waals surface area contributed by atoms with Crippen molar-refractivity contribution in [2.75, 3.05) is 11.9 Å². The smallest absolute Gasteiger partial charge is 0.255 e. The fourth-order valence-corrected chi connectivity index (χ4v) is 1.86. The molecule has 0 fully saturated rings. The SMILES string of the molecule is CCNc1ccncc1C(=O)NCc1ccc(F)cc1F. The number of hydrogen-bond acceptors (Lipinski definition) is 3. The van der Waals surface area contributed by atoms with E-state index in [2.05, 4.69) is 15.6 Å². The number of anilines is 1. The lowest BCUT2D eigenvalue weighted by atomic mass is 10.2. The first kappa shape index (κ1) is 14.9. The molecule has 0 atom stereocenters. The lowest BCUT2D eigenvalue weighted by Gasteiger charge is -2.10. The second-order valence-electron chi connectivity index (χ2n) is 4.37. The predicted octanol–water partition coefficient (Wildman–Crippen LogP) is 2.72. The van der Waals surface area contributed by atoms with Crippen LogP contribution in [0.4, 0.5) is 14.5 Å². The number of hydrogen-bond donors (Lipinski definition) is 2. The van der Waals surface area contributed by atoms with Crippen molar-refractivity contribution >= 4 is 11.6 Å². The van der Waals surface area contributed by atoms with E-state index in [4.69, 9.17) is 0 Å². The molecule has 2 N–H and O–H groups in total. The summed E-state index contributed by atoms with van der Waals surface area (Å²) in [7, 11) is 0. The van der Waals surface area contributed by atoms with E-state index in [0.717, 1.165) is 12.1 Å². The molecule has 21 heavy (non-hydrogen) atoms. The number of pyridine rings is 1. The molecular formula is C15H15F2N3O. The second-order valence-corrected chi connectivity index (χ2v) is 4.37. The largest absolute Gasteiger partial charge is 0.385 e. The molecule has 1 aromatic carbocycles. The summed E-state index contributed by atoms with van der Waals surface area (Å²) in [6.45, 7) is 2.55. The maximum absolute atomic E-state index is 13.5. The van der Waals surface area contributed by atoms with E-state index in [1.807, 2.05) is 6.92 Å². The van der Waals surface area contributed by atoms with E-state index in [-0.39, 0.29) is 18.0 Å².